The van der Waals surface area contributed by atoms with Gasteiger partial charge in [-0.05, 0) is 50.7 Å². The zero-order chi connectivity index (χ0) is 20.9. The van der Waals surface area contributed by atoms with Crippen LogP contribution >= 0.6 is 11.8 Å². The van der Waals surface area contributed by atoms with Crippen LogP contribution in [0, 0.1) is 0 Å². The van der Waals surface area contributed by atoms with Crippen molar-refractivity contribution in [1.29, 1.82) is 0 Å². The van der Waals surface area contributed by atoms with Crippen LogP contribution in [0.3, 0.4) is 0 Å². The van der Waals surface area contributed by atoms with Crippen LogP contribution < -0.4 is 10.6 Å². The maximum atomic E-state index is 4.93. The molecule has 5 nitrogen and oxygen atoms in total. The molecule has 3 N–H and O–H groups in total. The highest BCUT2D eigenvalue weighted by molar-refractivity contribution is 8.00. The van der Waals surface area contributed by atoms with Crippen LogP contribution in [0.1, 0.15) is 102 Å². The number of thioether (sulfide) groups is 1. The number of H-pyrrole nitrogens is 1. The maximum Gasteiger partial charge on any atom is 0.153 e. The van der Waals surface area contributed by atoms with Gasteiger partial charge in [-0.15, -0.1) is 11.8 Å². The standard InChI is InChI=1S/C25H37N5S/c1-3-11-19(12-4-1)26-23-15-21(31-20-13-5-2-6-14-20)16-24(27-23)28-25-17-22(29-30-25)18-9-7-8-10-18/h15-20H,1-14H2,(H3,26,27,28,29,30). The molecule has 3 aliphatic carbocycles. The number of rotatable bonds is 7. The maximum absolute atomic E-state index is 4.93. The second-order valence-electron chi connectivity index (χ2n) is 9.75. The largest absolute Gasteiger partial charge is 0.367 e. The van der Waals surface area contributed by atoms with Crippen LogP contribution in [-0.4, -0.2) is 26.5 Å². The summed E-state index contributed by atoms with van der Waals surface area (Å²) in [5.41, 5.74) is 1.27. The summed E-state index contributed by atoms with van der Waals surface area (Å²) in [4.78, 5) is 6.26. The lowest BCUT2D eigenvalue weighted by Gasteiger charge is -2.24. The van der Waals surface area contributed by atoms with Crippen molar-refractivity contribution >= 4 is 29.2 Å². The fraction of sp³-hybridized carbons (Fsp3) is 0.680. The fourth-order valence-corrected chi connectivity index (χ4v) is 6.83. The number of aromatic nitrogens is 3. The molecule has 3 saturated carbocycles. The summed E-state index contributed by atoms with van der Waals surface area (Å²) in [6, 6.07) is 7.23. The number of anilines is 3. The molecule has 0 spiro atoms. The van der Waals surface area contributed by atoms with E-state index in [0.29, 0.717) is 12.0 Å². The highest BCUT2D eigenvalue weighted by Crippen LogP contribution is 2.37. The van der Waals surface area contributed by atoms with Gasteiger partial charge >= 0.3 is 0 Å². The van der Waals surface area contributed by atoms with Gasteiger partial charge in [-0.3, -0.25) is 5.10 Å². The predicted molar refractivity (Wildman–Crippen MR) is 131 cm³/mol. The van der Waals surface area contributed by atoms with Crippen molar-refractivity contribution in [2.45, 2.75) is 112 Å². The van der Waals surface area contributed by atoms with E-state index in [2.05, 4.69) is 39.0 Å². The minimum absolute atomic E-state index is 0.559. The van der Waals surface area contributed by atoms with Gasteiger partial charge in [0.25, 0.3) is 0 Å². The predicted octanol–water partition coefficient (Wildman–Crippen LogP) is 7.38. The molecule has 31 heavy (non-hydrogen) atoms. The van der Waals surface area contributed by atoms with Crippen molar-refractivity contribution in [2.24, 2.45) is 0 Å². The SMILES string of the molecule is c1c(SC2CCCCC2)cc(NC2CCCCC2)nc1Nc1cc(C2CCCC2)[nH]n1. The zero-order valence-electron chi connectivity index (χ0n) is 18.7. The summed E-state index contributed by atoms with van der Waals surface area (Å²) in [6.45, 7) is 0. The number of hydrogen-bond donors (Lipinski definition) is 3. The number of nitrogens with one attached hydrogen (secondary N) is 3. The zero-order valence-corrected chi connectivity index (χ0v) is 19.5. The molecule has 6 heteroatoms. The van der Waals surface area contributed by atoms with Gasteiger partial charge in [0.2, 0.25) is 0 Å². The average Bonchev–Trinajstić information content (AvgIpc) is 3.47. The Balaban J connectivity index is 1.32. The molecule has 2 aromatic rings. The summed E-state index contributed by atoms with van der Waals surface area (Å²) in [7, 11) is 0. The molecule has 0 radical (unpaired) electrons. The van der Waals surface area contributed by atoms with E-state index in [0.717, 1.165) is 22.7 Å². The molecule has 0 aliphatic heterocycles. The molecule has 2 aromatic heterocycles. The highest BCUT2D eigenvalue weighted by atomic mass is 32.2. The third kappa shape index (κ3) is 5.76. The summed E-state index contributed by atoms with van der Waals surface area (Å²) in [5, 5.41) is 15.8. The van der Waals surface area contributed by atoms with Crippen LogP contribution in [-0.2, 0) is 0 Å². The minimum atomic E-state index is 0.559. The van der Waals surface area contributed by atoms with E-state index in [-0.39, 0.29) is 0 Å². The van der Waals surface area contributed by atoms with Gasteiger partial charge in [0.15, 0.2) is 5.82 Å². The molecule has 0 aromatic carbocycles. The lowest BCUT2D eigenvalue weighted by Crippen LogP contribution is -2.23. The van der Waals surface area contributed by atoms with Gasteiger partial charge in [-0.2, -0.15) is 5.10 Å². The first kappa shape index (κ1) is 21.2. The first-order valence-electron chi connectivity index (χ1n) is 12.6. The van der Waals surface area contributed by atoms with Gasteiger partial charge in [0.1, 0.15) is 11.6 Å². The Morgan fingerprint density at radius 2 is 1.42 bits per heavy atom. The topological polar surface area (TPSA) is 65.6 Å². The second kappa shape index (κ2) is 10.3. The summed E-state index contributed by atoms with van der Waals surface area (Å²) >= 11 is 2.04. The van der Waals surface area contributed by atoms with E-state index >= 15 is 0 Å². The highest BCUT2D eigenvalue weighted by Gasteiger charge is 2.20. The summed E-state index contributed by atoms with van der Waals surface area (Å²) < 4.78 is 0. The van der Waals surface area contributed by atoms with E-state index in [1.54, 1.807) is 0 Å². The molecular weight excluding hydrogens is 402 g/mol. The van der Waals surface area contributed by atoms with Crippen molar-refractivity contribution in [3.8, 4) is 0 Å². The van der Waals surface area contributed by atoms with E-state index in [1.807, 2.05) is 11.8 Å². The normalized spacial score (nSPS) is 21.4. The number of hydrogen-bond acceptors (Lipinski definition) is 5. The van der Waals surface area contributed by atoms with Crippen LogP contribution in [0.15, 0.2) is 23.1 Å². The molecule has 0 atom stereocenters. The smallest absolute Gasteiger partial charge is 0.153 e. The third-order valence-corrected chi connectivity index (χ3v) is 8.57. The van der Waals surface area contributed by atoms with E-state index in [4.69, 9.17) is 4.98 Å². The number of aromatic amines is 1. The van der Waals surface area contributed by atoms with Crippen molar-refractivity contribution in [3.63, 3.8) is 0 Å². The van der Waals surface area contributed by atoms with Gasteiger partial charge < -0.3 is 10.6 Å². The van der Waals surface area contributed by atoms with E-state index in [1.165, 1.54) is 100 Å². The average molecular weight is 440 g/mol. The molecule has 3 aliphatic rings. The summed E-state index contributed by atoms with van der Waals surface area (Å²) in [6.07, 6.45) is 18.6. The van der Waals surface area contributed by atoms with Crippen molar-refractivity contribution < 1.29 is 0 Å². The lowest BCUT2D eigenvalue weighted by atomic mass is 9.95. The molecule has 0 amide bonds. The van der Waals surface area contributed by atoms with Gasteiger partial charge in [0, 0.05) is 33.9 Å². The monoisotopic (exact) mass is 439 g/mol. The Kier molecular flexibility index (Phi) is 7.02. The molecule has 5 rings (SSSR count). The van der Waals surface area contributed by atoms with Gasteiger partial charge in [-0.1, -0.05) is 51.4 Å². The Morgan fingerprint density at radius 1 is 0.742 bits per heavy atom. The first-order chi connectivity index (χ1) is 15.3. The molecular formula is C25H37N5S. The van der Waals surface area contributed by atoms with E-state index in [9.17, 15) is 0 Å². The van der Waals surface area contributed by atoms with Crippen molar-refractivity contribution in [1.82, 2.24) is 15.2 Å². The number of pyridine rings is 1. The first-order valence-corrected chi connectivity index (χ1v) is 13.5. The summed E-state index contributed by atoms with van der Waals surface area (Å²) in [5.74, 6) is 3.45. The van der Waals surface area contributed by atoms with Gasteiger partial charge in [-0.25, -0.2) is 4.98 Å². The van der Waals surface area contributed by atoms with Gasteiger partial charge in [0.05, 0.1) is 0 Å². The lowest BCUT2D eigenvalue weighted by molar-refractivity contribution is 0.462. The molecule has 0 unspecified atom stereocenters. The minimum Gasteiger partial charge on any atom is -0.367 e. The van der Waals surface area contributed by atoms with Crippen LogP contribution in [0.5, 0.6) is 0 Å². The molecule has 168 valence electrons. The van der Waals surface area contributed by atoms with Crippen molar-refractivity contribution in [2.75, 3.05) is 10.6 Å². The van der Waals surface area contributed by atoms with Crippen molar-refractivity contribution in [3.05, 3.63) is 23.9 Å². The number of nitrogens with zero attached hydrogens (tertiary/aromatic N) is 2. The van der Waals surface area contributed by atoms with Crippen LogP contribution in [0.25, 0.3) is 0 Å². The Bertz CT molecular complexity index is 794. The van der Waals surface area contributed by atoms with Crippen LogP contribution in [0.2, 0.25) is 0 Å². The second-order valence-corrected chi connectivity index (χ2v) is 11.1. The third-order valence-electron chi connectivity index (χ3n) is 7.26. The molecule has 3 fully saturated rings. The Morgan fingerprint density at radius 3 is 2.19 bits per heavy atom. The molecule has 0 bridgehead atoms. The molecule has 0 saturated heterocycles. The Hall–Kier alpha value is -1.69. The van der Waals surface area contributed by atoms with Crippen LogP contribution in [0.4, 0.5) is 17.5 Å². The quantitative estimate of drug-likeness (QED) is 0.420. The van der Waals surface area contributed by atoms with E-state index < -0.39 is 0 Å². The molecule has 2 heterocycles. The fourth-order valence-electron chi connectivity index (χ4n) is 5.52. The Labute approximate surface area is 191 Å².